The fourth-order valence-electron chi connectivity index (χ4n) is 1.77. The van der Waals surface area contributed by atoms with Crippen molar-refractivity contribution < 1.29 is 4.79 Å². The normalized spacial score (nSPS) is 10.3. The van der Waals surface area contributed by atoms with Gasteiger partial charge in [0.25, 0.3) is 0 Å². The summed E-state index contributed by atoms with van der Waals surface area (Å²) in [6, 6.07) is 9.81. The number of rotatable bonds is 5. The van der Waals surface area contributed by atoms with Crippen LogP contribution >= 0.6 is 11.5 Å². The van der Waals surface area contributed by atoms with Crippen molar-refractivity contribution in [3.63, 3.8) is 0 Å². The van der Waals surface area contributed by atoms with Gasteiger partial charge >= 0.3 is 0 Å². The van der Waals surface area contributed by atoms with Gasteiger partial charge in [-0.15, -0.1) is 0 Å². The van der Waals surface area contributed by atoms with Gasteiger partial charge in [-0.2, -0.15) is 4.37 Å². The molecule has 106 valence electrons. The summed E-state index contributed by atoms with van der Waals surface area (Å²) in [5.74, 6) is 0.526. The topological polar surface area (TPSA) is 71.2 Å². The average molecular weight is 290 g/mol. The van der Waals surface area contributed by atoms with Crippen LogP contribution in [0.3, 0.4) is 0 Å². The van der Waals surface area contributed by atoms with Crippen molar-refractivity contribution in [1.82, 2.24) is 9.27 Å². The Morgan fingerprint density at radius 3 is 2.75 bits per heavy atom. The van der Waals surface area contributed by atoms with E-state index in [0.717, 1.165) is 16.1 Å². The van der Waals surface area contributed by atoms with E-state index in [1.54, 1.807) is 11.9 Å². The molecule has 0 atom stereocenters. The Morgan fingerprint density at radius 1 is 1.40 bits per heavy atom. The van der Waals surface area contributed by atoms with Gasteiger partial charge in [0.15, 0.2) is 0 Å². The summed E-state index contributed by atoms with van der Waals surface area (Å²) >= 11 is 1.28. The SMILES string of the molecule is CCN(C)C(=O)CNc1snc(N)c1-c1ccccc1. The first-order valence-corrected chi connectivity index (χ1v) is 7.19. The minimum absolute atomic E-state index is 0.0403. The van der Waals surface area contributed by atoms with Gasteiger partial charge in [0, 0.05) is 13.6 Å². The predicted molar refractivity (Wildman–Crippen MR) is 83.8 cm³/mol. The molecule has 0 saturated heterocycles. The van der Waals surface area contributed by atoms with Crippen LogP contribution in [0.25, 0.3) is 11.1 Å². The fourth-order valence-corrected chi connectivity index (χ4v) is 2.51. The summed E-state index contributed by atoms with van der Waals surface area (Å²) in [5, 5.41) is 3.96. The van der Waals surface area contributed by atoms with Crippen LogP contribution in [0.4, 0.5) is 10.8 Å². The van der Waals surface area contributed by atoms with Gasteiger partial charge in [-0.3, -0.25) is 4.79 Å². The van der Waals surface area contributed by atoms with Crippen molar-refractivity contribution in [2.75, 3.05) is 31.2 Å². The van der Waals surface area contributed by atoms with E-state index in [-0.39, 0.29) is 12.5 Å². The fraction of sp³-hybridized carbons (Fsp3) is 0.286. The van der Waals surface area contributed by atoms with Crippen LogP contribution in [0.5, 0.6) is 0 Å². The summed E-state index contributed by atoms with van der Waals surface area (Å²) in [4.78, 5) is 13.5. The molecule has 0 aliphatic carbocycles. The lowest BCUT2D eigenvalue weighted by Gasteiger charge is -2.15. The molecular weight excluding hydrogens is 272 g/mol. The third-order valence-corrected chi connectivity index (χ3v) is 3.90. The number of nitrogens with zero attached hydrogens (tertiary/aromatic N) is 2. The zero-order valence-corrected chi connectivity index (χ0v) is 12.4. The molecule has 0 radical (unpaired) electrons. The zero-order chi connectivity index (χ0) is 14.5. The van der Waals surface area contributed by atoms with E-state index in [1.165, 1.54) is 11.5 Å². The quantitative estimate of drug-likeness (QED) is 0.886. The number of anilines is 2. The molecule has 6 heteroatoms. The van der Waals surface area contributed by atoms with Crippen LogP contribution in [0.2, 0.25) is 0 Å². The molecule has 0 saturated carbocycles. The van der Waals surface area contributed by atoms with Crippen LogP contribution < -0.4 is 11.1 Å². The van der Waals surface area contributed by atoms with Crippen LogP contribution in [-0.4, -0.2) is 35.3 Å². The van der Waals surface area contributed by atoms with Crippen LogP contribution in [-0.2, 0) is 4.79 Å². The minimum atomic E-state index is 0.0403. The number of hydrogen-bond acceptors (Lipinski definition) is 5. The summed E-state index contributed by atoms with van der Waals surface area (Å²) in [5.41, 5.74) is 7.79. The number of likely N-dealkylation sites (N-methyl/N-ethyl adjacent to an activating group) is 1. The highest BCUT2D eigenvalue weighted by Gasteiger charge is 2.15. The molecule has 0 unspecified atom stereocenters. The monoisotopic (exact) mass is 290 g/mol. The second kappa shape index (κ2) is 6.38. The maximum atomic E-state index is 11.8. The summed E-state index contributed by atoms with van der Waals surface area (Å²) in [7, 11) is 1.78. The van der Waals surface area contributed by atoms with Crippen molar-refractivity contribution in [3.05, 3.63) is 30.3 Å². The van der Waals surface area contributed by atoms with Crippen molar-refractivity contribution in [1.29, 1.82) is 0 Å². The number of hydrogen-bond donors (Lipinski definition) is 2. The second-order valence-electron chi connectivity index (χ2n) is 4.40. The number of aromatic nitrogens is 1. The van der Waals surface area contributed by atoms with Crippen molar-refractivity contribution >= 4 is 28.3 Å². The first kappa shape index (κ1) is 14.3. The molecule has 0 spiro atoms. The summed E-state index contributed by atoms with van der Waals surface area (Å²) in [6.45, 7) is 2.88. The number of nitrogens with two attached hydrogens (primary N) is 1. The minimum Gasteiger partial charge on any atom is -0.382 e. The molecule has 1 amide bonds. The first-order valence-electron chi connectivity index (χ1n) is 6.42. The Kier molecular flexibility index (Phi) is 4.57. The molecule has 0 bridgehead atoms. The number of carbonyl (C=O) groups excluding carboxylic acids is 1. The summed E-state index contributed by atoms with van der Waals surface area (Å²) in [6.07, 6.45) is 0. The predicted octanol–water partition coefficient (Wildman–Crippen LogP) is 2.28. The average Bonchev–Trinajstić information content (AvgIpc) is 2.85. The zero-order valence-electron chi connectivity index (χ0n) is 11.6. The van der Waals surface area contributed by atoms with E-state index >= 15 is 0 Å². The molecule has 2 aromatic rings. The molecule has 5 nitrogen and oxygen atoms in total. The Bertz CT molecular complexity index is 582. The highest BCUT2D eigenvalue weighted by atomic mass is 32.1. The highest BCUT2D eigenvalue weighted by molar-refractivity contribution is 7.11. The Labute approximate surface area is 122 Å². The molecule has 1 heterocycles. The van der Waals surface area contributed by atoms with E-state index in [0.29, 0.717) is 12.4 Å². The van der Waals surface area contributed by atoms with Gasteiger partial charge in [-0.25, -0.2) is 0 Å². The number of carbonyl (C=O) groups is 1. The standard InChI is InChI=1S/C14H18N4OS/c1-3-18(2)11(19)9-16-14-12(13(15)17-20-14)10-7-5-4-6-8-10/h4-8,16H,3,9H2,1-2H3,(H2,15,17). The molecule has 0 fully saturated rings. The number of nitrogens with one attached hydrogen (secondary N) is 1. The van der Waals surface area contributed by atoms with Crippen molar-refractivity contribution in [2.24, 2.45) is 0 Å². The summed E-state index contributed by atoms with van der Waals surface area (Å²) < 4.78 is 4.17. The Morgan fingerprint density at radius 2 is 2.10 bits per heavy atom. The highest BCUT2D eigenvalue weighted by Crippen LogP contribution is 2.36. The van der Waals surface area contributed by atoms with E-state index < -0.39 is 0 Å². The number of benzene rings is 1. The van der Waals surface area contributed by atoms with E-state index in [1.807, 2.05) is 37.3 Å². The molecule has 3 N–H and O–H groups in total. The molecule has 20 heavy (non-hydrogen) atoms. The largest absolute Gasteiger partial charge is 0.382 e. The smallest absolute Gasteiger partial charge is 0.241 e. The van der Waals surface area contributed by atoms with Gasteiger partial charge < -0.3 is 16.0 Å². The maximum absolute atomic E-state index is 11.8. The molecule has 0 aliphatic heterocycles. The lowest BCUT2D eigenvalue weighted by molar-refractivity contribution is -0.127. The van der Waals surface area contributed by atoms with Crippen LogP contribution in [0.1, 0.15) is 6.92 Å². The third kappa shape index (κ3) is 3.08. The third-order valence-electron chi connectivity index (χ3n) is 3.08. The van der Waals surface area contributed by atoms with Gasteiger partial charge in [-0.05, 0) is 24.0 Å². The van der Waals surface area contributed by atoms with Crippen LogP contribution in [0.15, 0.2) is 30.3 Å². The Hall–Kier alpha value is -2.08. The molecule has 1 aromatic carbocycles. The van der Waals surface area contributed by atoms with E-state index in [4.69, 9.17) is 5.73 Å². The maximum Gasteiger partial charge on any atom is 0.241 e. The van der Waals surface area contributed by atoms with Gasteiger partial charge in [0.05, 0.1) is 12.1 Å². The van der Waals surface area contributed by atoms with Crippen molar-refractivity contribution in [2.45, 2.75) is 6.92 Å². The Balaban J connectivity index is 2.16. The van der Waals surface area contributed by atoms with Gasteiger partial charge in [0.1, 0.15) is 10.8 Å². The lowest BCUT2D eigenvalue weighted by atomic mass is 10.1. The van der Waals surface area contributed by atoms with E-state index in [2.05, 4.69) is 9.69 Å². The molecule has 1 aromatic heterocycles. The molecular formula is C14H18N4OS. The molecule has 2 rings (SSSR count). The van der Waals surface area contributed by atoms with Gasteiger partial charge in [-0.1, -0.05) is 30.3 Å². The number of nitrogen functional groups attached to an aromatic ring is 1. The lowest BCUT2D eigenvalue weighted by Crippen LogP contribution is -2.31. The van der Waals surface area contributed by atoms with Crippen LogP contribution in [0, 0.1) is 0 Å². The van der Waals surface area contributed by atoms with E-state index in [9.17, 15) is 4.79 Å². The number of amides is 1. The second-order valence-corrected chi connectivity index (χ2v) is 5.17. The van der Waals surface area contributed by atoms with Crippen molar-refractivity contribution in [3.8, 4) is 11.1 Å². The first-order chi connectivity index (χ1) is 9.63. The van der Waals surface area contributed by atoms with Gasteiger partial charge in [0.2, 0.25) is 5.91 Å². The molecule has 0 aliphatic rings.